The van der Waals surface area contributed by atoms with Crippen molar-refractivity contribution in [2.45, 2.75) is 41.7 Å². The molecular weight excluding hydrogens is 456 g/mol. The van der Waals surface area contributed by atoms with Crippen LogP contribution in [0.4, 0.5) is 70.2 Å². The first-order valence-corrected chi connectivity index (χ1v) is 5.78. The molecule has 0 aliphatic heterocycles. The molecule has 0 bridgehead atoms. The predicted octanol–water partition coefficient (Wildman–Crippen LogP) is 5.30. The van der Waals surface area contributed by atoms with Gasteiger partial charge in [-0.3, -0.25) is 0 Å². The summed E-state index contributed by atoms with van der Waals surface area (Å²) < 4.78 is 203. The van der Waals surface area contributed by atoms with Crippen molar-refractivity contribution in [1.29, 1.82) is 0 Å². The molecule has 0 rings (SSSR count). The maximum absolute atomic E-state index is 13.1. The van der Waals surface area contributed by atoms with Crippen molar-refractivity contribution in [3.63, 3.8) is 0 Å². The van der Waals surface area contributed by atoms with Crippen LogP contribution in [0.25, 0.3) is 0 Å². The van der Waals surface area contributed by atoms with E-state index in [1.54, 1.807) is 0 Å². The van der Waals surface area contributed by atoms with E-state index in [0.29, 0.717) is 0 Å². The highest BCUT2D eigenvalue weighted by atomic mass is 19.4. The fraction of sp³-hybridized carbons (Fsp3) is 0.700. The van der Waals surface area contributed by atoms with Crippen molar-refractivity contribution in [3.8, 4) is 0 Å². The molecule has 0 heterocycles. The van der Waals surface area contributed by atoms with E-state index in [9.17, 15) is 75.0 Å². The Bertz CT molecular complexity index is 642. The van der Waals surface area contributed by atoms with Crippen molar-refractivity contribution in [2.75, 3.05) is 0 Å². The molecule has 18 heteroatoms. The number of hydrogen-bond donors (Lipinski definition) is 1. The van der Waals surface area contributed by atoms with Gasteiger partial charge >= 0.3 is 47.7 Å². The van der Waals surface area contributed by atoms with Crippen LogP contribution >= 0.6 is 0 Å². The number of rotatable bonds is 7. The molecule has 0 fully saturated rings. The minimum atomic E-state index is -8.56. The number of halogens is 16. The van der Waals surface area contributed by atoms with Gasteiger partial charge in [0.25, 0.3) is 0 Å². The van der Waals surface area contributed by atoms with Crippen LogP contribution in [0.1, 0.15) is 0 Å². The van der Waals surface area contributed by atoms with Gasteiger partial charge in [-0.15, -0.1) is 0 Å². The zero-order valence-corrected chi connectivity index (χ0v) is 12.0. The van der Waals surface area contributed by atoms with Crippen molar-refractivity contribution in [2.24, 2.45) is 0 Å². The fourth-order valence-electron chi connectivity index (χ4n) is 1.32. The van der Waals surface area contributed by atoms with Gasteiger partial charge in [0.15, 0.2) is 5.83 Å². The van der Waals surface area contributed by atoms with Crippen LogP contribution in [-0.2, 0) is 4.79 Å². The number of alkyl halides is 15. The summed E-state index contributed by atoms with van der Waals surface area (Å²) in [5.41, 5.74) is 0. The van der Waals surface area contributed by atoms with E-state index in [-0.39, 0.29) is 0 Å². The van der Waals surface area contributed by atoms with E-state index in [0.717, 1.165) is 0 Å². The van der Waals surface area contributed by atoms with Crippen molar-refractivity contribution in [3.05, 3.63) is 11.9 Å². The Kier molecular flexibility index (Phi) is 6.12. The summed E-state index contributed by atoms with van der Waals surface area (Å²) in [6.07, 6.45) is -9.35. The second kappa shape index (κ2) is 6.57. The van der Waals surface area contributed by atoms with E-state index in [1.165, 1.54) is 0 Å². The number of hydrogen-bond acceptors (Lipinski definition) is 1. The number of aliphatic carboxylic acids is 1. The van der Waals surface area contributed by atoms with E-state index >= 15 is 0 Å². The molecule has 0 aromatic rings. The lowest BCUT2D eigenvalue weighted by atomic mass is 9.90. The van der Waals surface area contributed by atoms with Gasteiger partial charge in [-0.05, 0) is 0 Å². The first kappa shape index (κ1) is 26.1. The topological polar surface area (TPSA) is 37.3 Å². The van der Waals surface area contributed by atoms with E-state index < -0.39 is 59.6 Å². The van der Waals surface area contributed by atoms with E-state index in [1.807, 2.05) is 0 Å². The van der Waals surface area contributed by atoms with Gasteiger partial charge < -0.3 is 5.11 Å². The summed E-state index contributed by atoms with van der Waals surface area (Å²) in [6.45, 7) is 0. The molecule has 0 saturated carbocycles. The van der Waals surface area contributed by atoms with Gasteiger partial charge in [0.2, 0.25) is 0 Å². The summed E-state index contributed by atoms with van der Waals surface area (Å²) >= 11 is 0. The molecule has 0 aromatic carbocycles. The highest BCUT2D eigenvalue weighted by Crippen LogP contribution is 2.63. The predicted molar refractivity (Wildman–Crippen MR) is 52.6 cm³/mol. The molecule has 0 aromatic heterocycles. The molecule has 2 nitrogen and oxygen atoms in total. The maximum Gasteiger partial charge on any atom is 0.460 e. The van der Waals surface area contributed by atoms with Crippen LogP contribution < -0.4 is 0 Å². The Balaban J connectivity index is 6.67. The third-order valence-corrected chi connectivity index (χ3v) is 2.88. The first-order chi connectivity index (χ1) is 11.8. The zero-order chi connectivity index (χ0) is 23.4. The van der Waals surface area contributed by atoms with Crippen molar-refractivity contribution < 1.29 is 80.1 Å². The van der Waals surface area contributed by atoms with Crippen molar-refractivity contribution in [1.82, 2.24) is 0 Å². The second-order valence-electron chi connectivity index (χ2n) is 4.77. The van der Waals surface area contributed by atoms with E-state index in [2.05, 4.69) is 0 Å². The van der Waals surface area contributed by atoms with Gasteiger partial charge in [-0.25, -0.2) is 9.18 Å². The second-order valence-corrected chi connectivity index (χ2v) is 4.77. The summed E-state index contributed by atoms with van der Waals surface area (Å²) in [5.74, 6) is -56.1. The number of carbonyl (C=O) groups is 1. The van der Waals surface area contributed by atoms with Crippen LogP contribution in [-0.4, -0.2) is 52.8 Å². The zero-order valence-electron chi connectivity index (χ0n) is 12.0. The number of allylic oxidation sites excluding steroid dienone is 1. The van der Waals surface area contributed by atoms with Crippen LogP contribution in [0.3, 0.4) is 0 Å². The summed E-state index contributed by atoms with van der Waals surface area (Å²) in [5, 5.41) is 7.83. The number of carboxylic acids is 1. The van der Waals surface area contributed by atoms with Gasteiger partial charge in [-0.1, -0.05) is 0 Å². The molecule has 0 aliphatic rings. The monoisotopic (exact) mass is 458 g/mol. The highest BCUT2D eigenvalue weighted by molar-refractivity contribution is 5.80. The standard InChI is InChI=1S/C10H2F16O2/c11-2(1-3(27)28)4(12,13)5(14,15)6(16,17)7(18,19)8(20,21)9(22,23)10(24,25)26/h1H,(H,27,28). The Morgan fingerprint density at radius 2 is 0.857 bits per heavy atom. The average molecular weight is 458 g/mol. The average Bonchev–Trinajstić information content (AvgIpc) is 2.43. The van der Waals surface area contributed by atoms with Crippen LogP contribution in [0.5, 0.6) is 0 Å². The van der Waals surface area contributed by atoms with Gasteiger partial charge in [-0.2, -0.15) is 65.9 Å². The Morgan fingerprint density at radius 1 is 0.571 bits per heavy atom. The van der Waals surface area contributed by atoms with Crippen LogP contribution in [0.2, 0.25) is 0 Å². The summed E-state index contributed by atoms with van der Waals surface area (Å²) in [7, 11) is 0. The molecular formula is C10H2F16O2. The molecule has 0 unspecified atom stereocenters. The molecule has 0 radical (unpaired) electrons. The lowest BCUT2D eigenvalue weighted by Gasteiger charge is -2.41. The van der Waals surface area contributed by atoms with Crippen LogP contribution in [0.15, 0.2) is 11.9 Å². The van der Waals surface area contributed by atoms with Gasteiger partial charge in [0.1, 0.15) is 0 Å². The molecule has 0 amide bonds. The Hall–Kier alpha value is -1.91. The first-order valence-electron chi connectivity index (χ1n) is 5.78. The summed E-state index contributed by atoms with van der Waals surface area (Å²) in [4.78, 5) is 9.86. The van der Waals surface area contributed by atoms with Gasteiger partial charge in [0, 0.05) is 0 Å². The fourth-order valence-corrected chi connectivity index (χ4v) is 1.32. The minimum absolute atomic E-state index is 1.61. The SMILES string of the molecule is O=C(O)C=C(F)C(F)(F)C(F)(F)C(F)(F)C(F)(F)C(F)(F)C(F)(F)C(F)(F)F. The van der Waals surface area contributed by atoms with Gasteiger partial charge in [0.05, 0.1) is 6.08 Å². The quantitative estimate of drug-likeness (QED) is 0.416. The normalized spacial score (nSPS) is 16.4. The molecule has 1 N–H and O–H groups in total. The molecule has 28 heavy (non-hydrogen) atoms. The highest BCUT2D eigenvalue weighted by Gasteiger charge is 2.93. The third kappa shape index (κ3) is 3.33. The summed E-state index contributed by atoms with van der Waals surface area (Å²) in [6, 6.07) is 0. The number of carboxylic acid groups (broad SMARTS) is 1. The van der Waals surface area contributed by atoms with Crippen molar-refractivity contribution >= 4 is 5.97 Å². The minimum Gasteiger partial charge on any atom is -0.478 e. The Labute approximate surface area is 141 Å². The van der Waals surface area contributed by atoms with Crippen LogP contribution in [0, 0.1) is 0 Å². The lowest BCUT2D eigenvalue weighted by Crippen LogP contribution is -2.72. The molecule has 0 aliphatic carbocycles. The lowest BCUT2D eigenvalue weighted by molar-refractivity contribution is -0.450. The third-order valence-electron chi connectivity index (χ3n) is 2.88. The maximum atomic E-state index is 13.1. The Morgan fingerprint density at radius 3 is 1.14 bits per heavy atom. The van der Waals surface area contributed by atoms with E-state index in [4.69, 9.17) is 5.11 Å². The largest absolute Gasteiger partial charge is 0.478 e. The smallest absolute Gasteiger partial charge is 0.460 e. The molecule has 0 atom stereocenters. The molecule has 0 spiro atoms. The molecule has 166 valence electrons. The molecule has 0 saturated heterocycles.